The molecule has 0 aliphatic carbocycles. The molecule has 1 N–H and O–H groups in total. The van der Waals surface area contributed by atoms with Gasteiger partial charge in [0.25, 0.3) is 0 Å². The topological polar surface area (TPSA) is 97.7 Å². The Hall–Kier alpha value is -2.22. The lowest BCUT2D eigenvalue weighted by Crippen LogP contribution is -2.01. The maximum Gasteiger partial charge on any atom is 0.348 e. The van der Waals surface area contributed by atoms with E-state index in [1.807, 2.05) is 17.5 Å². The van der Waals surface area contributed by atoms with Gasteiger partial charge in [0, 0.05) is 4.88 Å². The van der Waals surface area contributed by atoms with Gasteiger partial charge >= 0.3 is 17.9 Å². The van der Waals surface area contributed by atoms with Crippen molar-refractivity contribution in [3.8, 4) is 0 Å². The van der Waals surface area contributed by atoms with E-state index in [-0.39, 0.29) is 27.0 Å². The molecule has 1 aliphatic rings. The van der Waals surface area contributed by atoms with Crippen LogP contribution in [-0.4, -0.2) is 28.3 Å². The van der Waals surface area contributed by atoms with Gasteiger partial charge in [-0.2, -0.15) is 0 Å². The lowest BCUT2D eigenvalue weighted by Gasteiger charge is -1.98. The largest absolute Gasteiger partial charge is 0.478 e. The van der Waals surface area contributed by atoms with Crippen molar-refractivity contribution < 1.29 is 29.0 Å². The second-order valence-electron chi connectivity index (χ2n) is 4.47. The Morgan fingerprint density at radius 3 is 2.46 bits per heavy atom. The summed E-state index contributed by atoms with van der Waals surface area (Å²) in [6, 6.07) is 5.96. The standard InChI is InChI=1S/C9H3ClO5.C6H5ClOS/c10-5-2-3(7(11)12)1-4-6(5)9(14)15-8(4)13;7-6(8)4-5-2-1-3-9-5/h1-2H,(H,11,12);1-3H,4H2. The molecular formula is C15H8Cl2O6S. The third-order valence-corrected chi connectivity index (χ3v) is 4.15. The van der Waals surface area contributed by atoms with Gasteiger partial charge in [-0.3, -0.25) is 4.79 Å². The van der Waals surface area contributed by atoms with Crippen molar-refractivity contribution >= 4 is 57.7 Å². The molecule has 124 valence electrons. The molecule has 9 heteroatoms. The van der Waals surface area contributed by atoms with Gasteiger partial charge in [-0.1, -0.05) is 17.7 Å². The minimum atomic E-state index is -1.23. The summed E-state index contributed by atoms with van der Waals surface area (Å²) >= 11 is 12.3. The van der Waals surface area contributed by atoms with Crippen LogP contribution in [0.3, 0.4) is 0 Å². The molecule has 2 aromatic rings. The van der Waals surface area contributed by atoms with Crippen LogP contribution in [0.4, 0.5) is 0 Å². The molecule has 24 heavy (non-hydrogen) atoms. The van der Waals surface area contributed by atoms with Gasteiger partial charge in [0.05, 0.1) is 28.1 Å². The number of rotatable bonds is 3. The first kappa shape index (κ1) is 18.1. The fraction of sp³-hybridized carbons (Fsp3) is 0.0667. The van der Waals surface area contributed by atoms with Gasteiger partial charge in [0.1, 0.15) is 0 Å². The highest BCUT2D eigenvalue weighted by Gasteiger charge is 2.33. The van der Waals surface area contributed by atoms with Crippen molar-refractivity contribution in [2.45, 2.75) is 6.42 Å². The fourth-order valence-corrected chi connectivity index (χ4v) is 3.06. The van der Waals surface area contributed by atoms with Crippen molar-refractivity contribution in [2.75, 3.05) is 0 Å². The Labute approximate surface area is 149 Å². The summed E-state index contributed by atoms with van der Waals surface area (Å²) in [5.74, 6) is -2.95. The number of hydrogen-bond acceptors (Lipinski definition) is 6. The molecule has 0 unspecified atom stereocenters. The first-order valence-corrected chi connectivity index (χ1v) is 7.97. The zero-order valence-electron chi connectivity index (χ0n) is 11.7. The Balaban J connectivity index is 0.000000198. The summed E-state index contributed by atoms with van der Waals surface area (Å²) in [6.07, 6.45) is 0.360. The van der Waals surface area contributed by atoms with E-state index in [1.54, 1.807) is 11.3 Å². The van der Waals surface area contributed by atoms with E-state index in [0.29, 0.717) is 6.42 Å². The van der Waals surface area contributed by atoms with E-state index in [9.17, 15) is 19.2 Å². The fourth-order valence-electron chi connectivity index (χ4n) is 1.84. The SMILES string of the molecule is O=C(Cl)Cc1cccs1.O=C(O)c1cc(Cl)c2c(c1)C(=O)OC2=O. The van der Waals surface area contributed by atoms with Crippen molar-refractivity contribution in [2.24, 2.45) is 0 Å². The lowest BCUT2D eigenvalue weighted by atomic mass is 10.1. The lowest BCUT2D eigenvalue weighted by molar-refractivity contribution is -0.111. The van der Waals surface area contributed by atoms with Crippen molar-refractivity contribution in [3.05, 3.63) is 56.2 Å². The number of carbonyl (C=O) groups excluding carboxylic acids is 3. The summed E-state index contributed by atoms with van der Waals surface area (Å²) in [7, 11) is 0. The molecular weight excluding hydrogens is 379 g/mol. The maximum atomic E-state index is 11.1. The predicted molar refractivity (Wildman–Crippen MR) is 87.0 cm³/mol. The van der Waals surface area contributed by atoms with Crippen molar-refractivity contribution in [1.82, 2.24) is 0 Å². The molecule has 0 spiro atoms. The van der Waals surface area contributed by atoms with E-state index >= 15 is 0 Å². The normalized spacial score (nSPS) is 12.1. The van der Waals surface area contributed by atoms with Gasteiger partial charge in [-0.25, -0.2) is 14.4 Å². The average molecular weight is 387 g/mol. The second-order valence-corrected chi connectivity index (χ2v) is 6.34. The first-order chi connectivity index (χ1) is 11.3. The minimum absolute atomic E-state index is 0.0772. The van der Waals surface area contributed by atoms with Crippen LogP contribution in [0.5, 0.6) is 0 Å². The molecule has 0 radical (unpaired) electrons. The number of halogens is 2. The molecule has 2 heterocycles. The predicted octanol–water partition coefficient (Wildman–Crippen LogP) is 3.40. The summed E-state index contributed by atoms with van der Waals surface area (Å²) in [6.45, 7) is 0. The minimum Gasteiger partial charge on any atom is -0.478 e. The highest BCUT2D eigenvalue weighted by molar-refractivity contribution is 7.10. The van der Waals surface area contributed by atoms with Crippen molar-refractivity contribution in [3.63, 3.8) is 0 Å². The van der Waals surface area contributed by atoms with Crippen LogP contribution in [0, 0.1) is 0 Å². The summed E-state index contributed by atoms with van der Waals surface area (Å²) in [5, 5.41) is 10.2. The van der Waals surface area contributed by atoms with Gasteiger partial charge in [-0.15, -0.1) is 11.3 Å². The number of carboxylic acid groups (broad SMARTS) is 1. The quantitative estimate of drug-likeness (QED) is 0.493. The number of aromatic carboxylic acids is 1. The molecule has 0 saturated carbocycles. The monoisotopic (exact) mass is 386 g/mol. The first-order valence-electron chi connectivity index (χ1n) is 6.33. The van der Waals surface area contributed by atoms with Gasteiger partial charge < -0.3 is 9.84 Å². The maximum absolute atomic E-state index is 11.1. The van der Waals surface area contributed by atoms with Crippen LogP contribution >= 0.6 is 34.5 Å². The Bertz CT molecular complexity index is 829. The van der Waals surface area contributed by atoms with E-state index in [2.05, 4.69) is 4.74 Å². The highest BCUT2D eigenvalue weighted by atomic mass is 35.5. The van der Waals surface area contributed by atoms with Crippen LogP contribution in [0.25, 0.3) is 0 Å². The molecule has 3 rings (SSSR count). The molecule has 0 bridgehead atoms. The number of esters is 2. The van der Waals surface area contributed by atoms with Crippen LogP contribution in [0.15, 0.2) is 29.6 Å². The van der Waals surface area contributed by atoms with Crippen LogP contribution in [-0.2, 0) is 16.0 Å². The Morgan fingerprint density at radius 2 is 1.92 bits per heavy atom. The number of thiophene rings is 1. The summed E-state index contributed by atoms with van der Waals surface area (Å²) < 4.78 is 4.29. The van der Waals surface area contributed by atoms with E-state index < -0.39 is 17.9 Å². The number of carbonyl (C=O) groups is 4. The average Bonchev–Trinajstić information content (AvgIpc) is 3.08. The summed E-state index contributed by atoms with van der Waals surface area (Å²) in [5.41, 5.74) is -0.345. The number of fused-ring (bicyclic) bond motifs is 1. The number of benzene rings is 1. The van der Waals surface area contributed by atoms with Gasteiger partial charge in [0.2, 0.25) is 5.24 Å². The molecule has 0 fully saturated rings. The van der Waals surface area contributed by atoms with E-state index in [1.165, 1.54) is 0 Å². The van der Waals surface area contributed by atoms with Crippen LogP contribution in [0.2, 0.25) is 5.02 Å². The smallest absolute Gasteiger partial charge is 0.348 e. The van der Waals surface area contributed by atoms with Crippen molar-refractivity contribution in [1.29, 1.82) is 0 Å². The number of cyclic esters (lactones) is 2. The van der Waals surface area contributed by atoms with Crippen LogP contribution in [0.1, 0.15) is 36.0 Å². The zero-order valence-corrected chi connectivity index (χ0v) is 14.1. The third-order valence-electron chi connectivity index (χ3n) is 2.84. The molecule has 0 amide bonds. The highest BCUT2D eigenvalue weighted by Crippen LogP contribution is 2.28. The van der Waals surface area contributed by atoms with Gasteiger partial charge in [0.15, 0.2) is 0 Å². The van der Waals surface area contributed by atoms with Gasteiger partial charge in [-0.05, 0) is 35.2 Å². The molecule has 0 saturated heterocycles. The number of carboxylic acids is 1. The Morgan fingerprint density at radius 1 is 1.21 bits per heavy atom. The molecule has 6 nitrogen and oxygen atoms in total. The molecule has 1 aromatic heterocycles. The second kappa shape index (κ2) is 7.57. The molecule has 0 atom stereocenters. The van der Waals surface area contributed by atoms with Crippen LogP contribution < -0.4 is 0 Å². The molecule has 1 aromatic carbocycles. The summed E-state index contributed by atoms with van der Waals surface area (Å²) in [4.78, 5) is 44.2. The number of ether oxygens (including phenoxy) is 1. The number of hydrogen-bond donors (Lipinski definition) is 1. The molecule has 1 aliphatic heterocycles. The Kier molecular flexibility index (Phi) is 5.71. The van der Waals surface area contributed by atoms with E-state index in [4.69, 9.17) is 28.3 Å². The zero-order chi connectivity index (χ0) is 17.9. The third kappa shape index (κ3) is 4.19. The van der Waals surface area contributed by atoms with E-state index in [0.717, 1.165) is 17.0 Å².